The first-order chi connectivity index (χ1) is 13.8. The fourth-order valence-electron chi connectivity index (χ4n) is 3.36. The second-order valence-corrected chi connectivity index (χ2v) is 6.57. The van der Waals surface area contributed by atoms with Crippen molar-refractivity contribution in [1.29, 1.82) is 0 Å². The topological polar surface area (TPSA) is 17.1 Å². The number of carbonyl (C=O) groups excluding carboxylic acids is 1. The largest absolute Gasteiger partial charge is 0.748 e. The van der Waals surface area contributed by atoms with Crippen molar-refractivity contribution in [2.75, 3.05) is 0 Å². The Morgan fingerprint density at radius 1 is 0.724 bits per heavy atom. The van der Waals surface area contributed by atoms with Gasteiger partial charge in [0.25, 0.3) is 0 Å². The van der Waals surface area contributed by atoms with Gasteiger partial charge in [0.2, 0.25) is 0 Å². The van der Waals surface area contributed by atoms with Gasteiger partial charge < -0.3 is 35.1 Å². The van der Waals surface area contributed by atoms with Crippen molar-refractivity contribution < 1.29 is 21.9 Å². The van der Waals surface area contributed by atoms with Crippen LogP contribution in [0.5, 0.6) is 0 Å². The van der Waals surface area contributed by atoms with Gasteiger partial charge >= 0.3 is 0 Å². The van der Waals surface area contributed by atoms with Crippen LogP contribution in [0.3, 0.4) is 0 Å². The van der Waals surface area contributed by atoms with Gasteiger partial charge in [-0.3, -0.25) is 0 Å². The van der Waals surface area contributed by atoms with Crippen LogP contribution in [0, 0.1) is 0 Å². The van der Waals surface area contributed by atoms with Gasteiger partial charge in [-0.05, 0) is 27.6 Å². The maximum absolute atomic E-state index is 12.9. The predicted molar refractivity (Wildman–Crippen MR) is 119 cm³/mol. The van der Waals surface area contributed by atoms with Crippen LogP contribution in [0.1, 0.15) is 15.9 Å². The molecule has 0 unspecified atom stereocenters. The first kappa shape index (κ1) is 20.5. The third-order valence-electron chi connectivity index (χ3n) is 4.69. The van der Waals surface area contributed by atoms with Gasteiger partial charge in [0.1, 0.15) is 5.78 Å². The Balaban J connectivity index is 0.000000352. The van der Waals surface area contributed by atoms with Crippen molar-refractivity contribution in [1.82, 2.24) is 0 Å². The SMILES string of the molecule is O=C(C=C[c-]1cccc1)c1c2ccccc2cc2ccccc12.[Fe].[cH-]1[cH-][cH-][cH-][cH-]1. The molecule has 5 rings (SSSR count). The fourth-order valence-corrected chi connectivity index (χ4v) is 3.36. The van der Waals surface area contributed by atoms with Crippen molar-refractivity contribution in [3.8, 4) is 0 Å². The van der Waals surface area contributed by atoms with Crippen LogP contribution >= 0.6 is 0 Å². The maximum Gasteiger partial charge on any atom is 0.147 e. The van der Waals surface area contributed by atoms with Crippen LogP contribution in [0.25, 0.3) is 27.6 Å². The molecule has 0 aliphatic heterocycles. The second-order valence-electron chi connectivity index (χ2n) is 6.57. The van der Waals surface area contributed by atoms with Crippen LogP contribution in [0.15, 0.2) is 115 Å². The summed E-state index contributed by atoms with van der Waals surface area (Å²) in [6.07, 6.45) is 3.54. The standard InChI is InChI=1S/C22H15O.C5H5.Fe/c23-21(14-13-16-7-1-2-8-16)22-19-11-5-3-9-17(19)15-18-10-4-6-12-20(18)22;1-2-4-5-3-1;/h1-15H;1-5H;/q-1;-5;. The van der Waals surface area contributed by atoms with Crippen molar-refractivity contribution in [3.63, 3.8) is 0 Å². The Bertz CT molecular complexity index is 1140. The molecule has 148 valence electrons. The van der Waals surface area contributed by atoms with Crippen LogP contribution in [-0.4, -0.2) is 5.78 Å². The van der Waals surface area contributed by atoms with E-state index in [-0.39, 0.29) is 22.9 Å². The van der Waals surface area contributed by atoms with Crippen molar-refractivity contribution >= 4 is 33.4 Å². The third kappa shape index (κ3) is 4.81. The Kier molecular flexibility index (Phi) is 6.97. The van der Waals surface area contributed by atoms with E-state index in [1.807, 2.05) is 97.1 Å². The van der Waals surface area contributed by atoms with Crippen LogP contribution in [0.2, 0.25) is 0 Å². The zero-order valence-electron chi connectivity index (χ0n) is 15.8. The van der Waals surface area contributed by atoms with E-state index in [9.17, 15) is 4.79 Å². The van der Waals surface area contributed by atoms with Crippen molar-refractivity contribution in [2.24, 2.45) is 0 Å². The maximum atomic E-state index is 12.9. The molecule has 0 aliphatic rings. The predicted octanol–water partition coefficient (Wildman–Crippen LogP) is 7.01. The third-order valence-corrected chi connectivity index (χ3v) is 4.69. The molecule has 0 atom stereocenters. The van der Waals surface area contributed by atoms with E-state index in [0.29, 0.717) is 0 Å². The van der Waals surface area contributed by atoms with Gasteiger partial charge in [-0.1, -0.05) is 54.6 Å². The summed E-state index contributed by atoms with van der Waals surface area (Å²) in [6.45, 7) is 0. The van der Waals surface area contributed by atoms with E-state index in [1.165, 1.54) is 0 Å². The van der Waals surface area contributed by atoms with E-state index in [2.05, 4.69) is 18.2 Å². The molecule has 0 spiro atoms. The second kappa shape index (κ2) is 9.84. The average molecular weight is 416 g/mol. The van der Waals surface area contributed by atoms with Crippen LogP contribution in [0.4, 0.5) is 0 Å². The Labute approximate surface area is 181 Å². The zero-order chi connectivity index (χ0) is 19.2. The number of rotatable bonds is 3. The molecular weight excluding hydrogens is 396 g/mol. The summed E-state index contributed by atoms with van der Waals surface area (Å²) in [7, 11) is 0. The molecule has 0 heterocycles. The zero-order valence-corrected chi connectivity index (χ0v) is 16.9. The van der Waals surface area contributed by atoms with Gasteiger partial charge in [-0.2, -0.15) is 12.1 Å². The Hall–Kier alpha value is -3.19. The number of allylic oxidation sites excluding steroid dienone is 1. The van der Waals surface area contributed by atoms with Gasteiger partial charge in [-0.15, -0.1) is 23.8 Å². The number of hydrogen-bond donors (Lipinski definition) is 0. The van der Waals surface area contributed by atoms with Gasteiger partial charge in [0, 0.05) is 22.6 Å². The van der Waals surface area contributed by atoms with Gasteiger partial charge in [0.05, 0.1) is 0 Å². The molecule has 0 bridgehead atoms. The summed E-state index contributed by atoms with van der Waals surface area (Å²) in [6, 6.07) is 36.2. The molecule has 0 fully saturated rings. The number of carbonyl (C=O) groups is 1. The minimum absolute atomic E-state index is 0. The van der Waals surface area contributed by atoms with E-state index in [1.54, 1.807) is 6.08 Å². The fraction of sp³-hybridized carbons (Fsp3) is 0. The molecule has 0 saturated heterocycles. The summed E-state index contributed by atoms with van der Waals surface area (Å²) < 4.78 is 0. The smallest absolute Gasteiger partial charge is 0.147 e. The first-order valence-corrected chi connectivity index (χ1v) is 9.34. The van der Waals surface area contributed by atoms with E-state index < -0.39 is 0 Å². The minimum Gasteiger partial charge on any atom is -0.748 e. The summed E-state index contributed by atoms with van der Waals surface area (Å²) in [5.41, 5.74) is 1.82. The average Bonchev–Trinajstić information content (AvgIpc) is 3.47. The normalized spacial score (nSPS) is 10.5. The van der Waals surface area contributed by atoms with Crippen LogP contribution in [-0.2, 0) is 17.1 Å². The number of fused-ring (bicyclic) bond motifs is 2. The molecule has 0 aromatic heterocycles. The number of benzene rings is 3. The Morgan fingerprint density at radius 3 is 1.72 bits per heavy atom. The molecule has 0 N–H and O–H groups in total. The Morgan fingerprint density at radius 2 is 1.21 bits per heavy atom. The first-order valence-electron chi connectivity index (χ1n) is 9.34. The molecule has 5 aromatic carbocycles. The van der Waals surface area contributed by atoms with Crippen molar-refractivity contribution in [3.05, 3.63) is 126 Å². The molecule has 5 aromatic rings. The molecule has 29 heavy (non-hydrogen) atoms. The molecule has 2 heteroatoms. The quantitative estimate of drug-likeness (QED) is 0.102. The summed E-state index contributed by atoms with van der Waals surface area (Å²) in [5.74, 6) is 0.0409. The summed E-state index contributed by atoms with van der Waals surface area (Å²) >= 11 is 0. The summed E-state index contributed by atoms with van der Waals surface area (Å²) in [4.78, 5) is 12.9. The molecule has 0 aliphatic carbocycles. The molecule has 0 radical (unpaired) electrons. The van der Waals surface area contributed by atoms with Gasteiger partial charge in [0.15, 0.2) is 0 Å². The van der Waals surface area contributed by atoms with E-state index in [4.69, 9.17) is 0 Å². The minimum atomic E-state index is 0. The number of hydrogen-bond acceptors (Lipinski definition) is 1. The molecular formula is C27H20FeO-6. The number of ketones is 1. The molecule has 0 saturated carbocycles. The molecule has 0 amide bonds. The monoisotopic (exact) mass is 416 g/mol. The summed E-state index contributed by atoms with van der Waals surface area (Å²) in [5, 5.41) is 4.19. The van der Waals surface area contributed by atoms with E-state index >= 15 is 0 Å². The van der Waals surface area contributed by atoms with E-state index in [0.717, 1.165) is 32.7 Å². The molecule has 1 nitrogen and oxygen atoms in total. The van der Waals surface area contributed by atoms with Gasteiger partial charge in [-0.25, -0.2) is 0 Å². The van der Waals surface area contributed by atoms with Crippen molar-refractivity contribution in [2.45, 2.75) is 0 Å². The van der Waals surface area contributed by atoms with Crippen LogP contribution < -0.4 is 0 Å².